The average molecular weight is 466 g/mol. The van der Waals surface area contributed by atoms with E-state index in [1.54, 1.807) is 0 Å². The second-order valence-electron chi connectivity index (χ2n) is 9.29. The van der Waals surface area contributed by atoms with Crippen LogP contribution in [0.5, 0.6) is 0 Å². The zero-order chi connectivity index (χ0) is 24.8. The van der Waals surface area contributed by atoms with E-state index in [0.717, 1.165) is 45.2 Å². The molecular weight excluding hydrogens is 438 g/mol. The van der Waals surface area contributed by atoms with Crippen molar-refractivity contribution in [1.29, 1.82) is 0 Å². The lowest BCUT2D eigenvalue weighted by atomic mass is 9.92. The normalized spacial score (nSPS) is 12.3. The molecule has 0 saturated heterocycles. The summed E-state index contributed by atoms with van der Waals surface area (Å²) in [6, 6.07) is 21.5. The smallest absolute Gasteiger partial charge is 0.0943 e. The van der Waals surface area contributed by atoms with Crippen LogP contribution in [0.4, 0.5) is 5.69 Å². The SMILES string of the molecule is C=C1c2cc(-c3cc(-c4ccncc4)ccc3C)ccc2-c2c1c(/C=C\CC)c(N)c1ncccc21. The molecular formula is C33H27N3. The highest BCUT2D eigenvalue weighted by atomic mass is 14.7. The number of hydrogen-bond donors (Lipinski definition) is 1. The Hall–Kier alpha value is -4.50. The van der Waals surface area contributed by atoms with Crippen LogP contribution >= 0.6 is 0 Å². The van der Waals surface area contributed by atoms with Gasteiger partial charge >= 0.3 is 0 Å². The van der Waals surface area contributed by atoms with Gasteiger partial charge in [-0.1, -0.05) is 56.0 Å². The van der Waals surface area contributed by atoms with Gasteiger partial charge in [-0.3, -0.25) is 9.97 Å². The lowest BCUT2D eigenvalue weighted by Gasteiger charge is -2.14. The molecule has 0 fully saturated rings. The Balaban J connectivity index is 1.56. The molecule has 3 heteroatoms. The largest absolute Gasteiger partial charge is 0.396 e. The molecule has 0 aliphatic heterocycles. The topological polar surface area (TPSA) is 51.8 Å². The van der Waals surface area contributed by atoms with Gasteiger partial charge in [0.25, 0.3) is 0 Å². The fraction of sp³-hybridized carbons (Fsp3) is 0.0909. The number of fused-ring (bicyclic) bond motifs is 5. The van der Waals surface area contributed by atoms with Gasteiger partial charge in [0.1, 0.15) is 0 Å². The van der Waals surface area contributed by atoms with Gasteiger partial charge in [0.2, 0.25) is 0 Å². The van der Waals surface area contributed by atoms with E-state index in [9.17, 15) is 0 Å². The van der Waals surface area contributed by atoms with Crippen molar-refractivity contribution < 1.29 is 0 Å². The Morgan fingerprint density at radius 3 is 2.42 bits per heavy atom. The summed E-state index contributed by atoms with van der Waals surface area (Å²) in [6.07, 6.45) is 10.7. The minimum absolute atomic E-state index is 0.712. The van der Waals surface area contributed by atoms with Crippen LogP contribution < -0.4 is 5.73 Å². The maximum atomic E-state index is 6.68. The molecule has 0 amide bonds. The molecule has 0 bridgehead atoms. The van der Waals surface area contributed by atoms with E-state index in [4.69, 9.17) is 5.73 Å². The summed E-state index contributed by atoms with van der Waals surface area (Å²) in [6.45, 7) is 8.85. The van der Waals surface area contributed by atoms with E-state index in [2.05, 4.69) is 85.0 Å². The highest BCUT2D eigenvalue weighted by Gasteiger charge is 2.29. The third kappa shape index (κ3) is 3.36. The molecule has 2 N–H and O–H groups in total. The molecule has 5 aromatic rings. The summed E-state index contributed by atoms with van der Waals surface area (Å²) in [7, 11) is 0. The van der Waals surface area contributed by atoms with Crippen LogP contribution in [-0.4, -0.2) is 9.97 Å². The van der Waals surface area contributed by atoms with Crippen molar-refractivity contribution in [3.8, 4) is 33.4 Å². The first-order chi connectivity index (χ1) is 17.6. The summed E-state index contributed by atoms with van der Waals surface area (Å²) in [5.74, 6) is 0. The number of anilines is 1. The quantitative estimate of drug-likeness (QED) is 0.266. The third-order valence-electron chi connectivity index (χ3n) is 7.14. The van der Waals surface area contributed by atoms with E-state index < -0.39 is 0 Å². The lowest BCUT2D eigenvalue weighted by Crippen LogP contribution is -1.98. The Labute approximate surface area is 211 Å². The van der Waals surface area contributed by atoms with Crippen molar-refractivity contribution in [2.45, 2.75) is 20.3 Å². The van der Waals surface area contributed by atoms with E-state index in [1.165, 1.54) is 33.4 Å². The van der Waals surface area contributed by atoms with Crippen LogP contribution in [0.15, 0.2) is 91.9 Å². The van der Waals surface area contributed by atoms with E-state index in [0.29, 0.717) is 5.69 Å². The summed E-state index contributed by atoms with van der Waals surface area (Å²) in [4.78, 5) is 8.81. The van der Waals surface area contributed by atoms with Gasteiger partial charge in [0.05, 0.1) is 11.2 Å². The van der Waals surface area contributed by atoms with Gasteiger partial charge in [0.15, 0.2) is 0 Å². The Kier molecular flexibility index (Phi) is 5.26. The standard InChI is InChI=1S/C33H27N3/c1-4-5-7-26-30-21(3)29-19-24(28-18-23(10-9-20(28)2)22-13-16-35-17-14-22)11-12-25(29)31(30)27-8-6-15-36-33(27)32(26)34/h5-19H,3-4,34H2,1-2H3/b7-5-. The first-order valence-electron chi connectivity index (χ1n) is 12.3. The highest BCUT2D eigenvalue weighted by Crippen LogP contribution is 2.51. The van der Waals surface area contributed by atoms with Crippen LogP contribution in [0.2, 0.25) is 0 Å². The summed E-state index contributed by atoms with van der Waals surface area (Å²) in [5, 5.41) is 1.07. The first kappa shape index (κ1) is 22.0. The van der Waals surface area contributed by atoms with Gasteiger partial charge < -0.3 is 5.73 Å². The van der Waals surface area contributed by atoms with Crippen molar-refractivity contribution in [1.82, 2.24) is 9.97 Å². The van der Waals surface area contributed by atoms with Crippen molar-refractivity contribution in [2.75, 3.05) is 5.73 Å². The van der Waals surface area contributed by atoms with Crippen molar-refractivity contribution in [3.63, 3.8) is 0 Å². The Morgan fingerprint density at radius 1 is 0.833 bits per heavy atom. The Bertz CT molecular complexity index is 1690. The van der Waals surface area contributed by atoms with Crippen LogP contribution in [-0.2, 0) is 0 Å². The maximum Gasteiger partial charge on any atom is 0.0943 e. The molecule has 0 atom stereocenters. The predicted octanol–water partition coefficient (Wildman–Crippen LogP) is 8.32. The number of hydrogen-bond acceptors (Lipinski definition) is 3. The molecule has 1 aliphatic rings. The zero-order valence-corrected chi connectivity index (χ0v) is 20.5. The number of benzene rings is 3. The van der Waals surface area contributed by atoms with E-state index >= 15 is 0 Å². The number of aryl methyl sites for hydroxylation is 1. The zero-order valence-electron chi connectivity index (χ0n) is 20.5. The maximum absolute atomic E-state index is 6.68. The minimum atomic E-state index is 0.712. The molecule has 2 aromatic heterocycles. The van der Waals surface area contributed by atoms with Gasteiger partial charge in [-0.25, -0.2) is 0 Å². The number of nitrogens with zero attached hydrogens (tertiary/aromatic N) is 2. The van der Waals surface area contributed by atoms with Gasteiger partial charge in [-0.15, -0.1) is 0 Å². The molecule has 174 valence electrons. The summed E-state index contributed by atoms with van der Waals surface area (Å²) < 4.78 is 0. The lowest BCUT2D eigenvalue weighted by molar-refractivity contribution is 1.23. The van der Waals surface area contributed by atoms with Crippen LogP contribution in [0, 0.1) is 6.92 Å². The third-order valence-corrected chi connectivity index (χ3v) is 7.14. The first-order valence-corrected chi connectivity index (χ1v) is 12.3. The molecule has 0 spiro atoms. The average Bonchev–Trinajstić information content (AvgIpc) is 3.21. The van der Waals surface area contributed by atoms with Crippen LogP contribution in [0.25, 0.3) is 55.9 Å². The summed E-state index contributed by atoms with van der Waals surface area (Å²) in [5.41, 5.74) is 20.9. The van der Waals surface area contributed by atoms with Crippen molar-refractivity contribution in [2.24, 2.45) is 0 Å². The molecule has 2 heterocycles. The molecule has 0 saturated carbocycles. The molecule has 3 aromatic carbocycles. The minimum Gasteiger partial charge on any atom is -0.396 e. The second kappa shape index (κ2) is 8.62. The van der Waals surface area contributed by atoms with Crippen LogP contribution in [0.1, 0.15) is 35.6 Å². The molecule has 0 radical (unpaired) electrons. The van der Waals surface area contributed by atoms with E-state index in [1.807, 2.05) is 36.8 Å². The van der Waals surface area contributed by atoms with Crippen molar-refractivity contribution >= 4 is 28.2 Å². The predicted molar refractivity (Wildman–Crippen MR) is 152 cm³/mol. The van der Waals surface area contributed by atoms with E-state index in [-0.39, 0.29) is 0 Å². The Morgan fingerprint density at radius 2 is 1.61 bits per heavy atom. The molecule has 3 nitrogen and oxygen atoms in total. The molecule has 6 rings (SSSR count). The number of nitrogens with two attached hydrogens (primary N) is 1. The summed E-state index contributed by atoms with van der Waals surface area (Å²) >= 11 is 0. The second-order valence-corrected chi connectivity index (χ2v) is 9.29. The number of allylic oxidation sites excluding steroid dienone is 1. The number of nitrogen functional groups attached to an aromatic ring is 1. The number of aromatic nitrogens is 2. The van der Waals surface area contributed by atoms with Gasteiger partial charge in [-0.2, -0.15) is 0 Å². The van der Waals surface area contributed by atoms with Crippen LogP contribution in [0.3, 0.4) is 0 Å². The fourth-order valence-electron chi connectivity index (χ4n) is 5.33. The van der Waals surface area contributed by atoms with Gasteiger partial charge in [0, 0.05) is 35.1 Å². The fourth-order valence-corrected chi connectivity index (χ4v) is 5.33. The molecule has 1 aliphatic carbocycles. The number of pyridine rings is 2. The van der Waals surface area contributed by atoms with Crippen molar-refractivity contribution in [3.05, 3.63) is 114 Å². The monoisotopic (exact) mass is 465 g/mol. The number of rotatable bonds is 4. The molecule has 0 unspecified atom stereocenters. The molecule has 36 heavy (non-hydrogen) atoms. The highest BCUT2D eigenvalue weighted by molar-refractivity contribution is 6.16. The van der Waals surface area contributed by atoms with Gasteiger partial charge in [-0.05, 0) is 93.8 Å².